The zero-order valence-electron chi connectivity index (χ0n) is 10.7. The third-order valence-electron chi connectivity index (χ3n) is 3.54. The van der Waals surface area contributed by atoms with Gasteiger partial charge in [0.25, 0.3) is 0 Å². The van der Waals surface area contributed by atoms with Crippen LogP contribution in [0.1, 0.15) is 49.8 Å². The van der Waals surface area contributed by atoms with Crippen LogP contribution < -0.4 is 0 Å². The average Bonchev–Trinajstić information content (AvgIpc) is 2.34. The molecule has 0 amide bonds. The number of aromatic nitrogens is 1. The number of halogens is 1. The lowest BCUT2D eigenvalue weighted by Crippen LogP contribution is -2.34. The minimum atomic E-state index is 0.548. The van der Waals surface area contributed by atoms with E-state index >= 15 is 0 Å². The van der Waals surface area contributed by atoms with Crippen LogP contribution in [0.25, 0.3) is 0 Å². The Bertz CT molecular complexity index is 376. The number of aryl methyl sites for hydroxylation is 1. The van der Waals surface area contributed by atoms with E-state index in [1.807, 2.05) is 13.1 Å². The molecule has 2 rings (SSSR count). The summed E-state index contributed by atoms with van der Waals surface area (Å²) < 4.78 is 0. The molecule has 0 aliphatic carbocycles. The van der Waals surface area contributed by atoms with Crippen LogP contribution in [0.5, 0.6) is 0 Å². The predicted octanol–water partition coefficient (Wildman–Crippen LogP) is 3.98. The van der Waals surface area contributed by atoms with E-state index in [0.717, 1.165) is 5.56 Å². The van der Waals surface area contributed by atoms with Crippen LogP contribution in [0.3, 0.4) is 0 Å². The Kier molecular flexibility index (Phi) is 4.41. The number of piperidine rings is 1. The monoisotopic (exact) mass is 252 g/mol. The normalized spacial score (nSPS) is 21.7. The molecule has 2 nitrogen and oxygen atoms in total. The molecule has 17 heavy (non-hydrogen) atoms. The predicted molar refractivity (Wildman–Crippen MR) is 72.4 cm³/mol. The zero-order valence-corrected chi connectivity index (χ0v) is 11.5. The molecular formula is C14H21ClN2. The Hall–Kier alpha value is -0.600. The highest BCUT2D eigenvalue weighted by atomic mass is 35.5. The Morgan fingerprint density at radius 1 is 1.47 bits per heavy atom. The highest BCUT2D eigenvalue weighted by molar-refractivity contribution is 6.30. The summed E-state index contributed by atoms with van der Waals surface area (Å²) in [5, 5.41) is 0.631. The average molecular weight is 253 g/mol. The van der Waals surface area contributed by atoms with E-state index in [1.165, 1.54) is 44.3 Å². The molecule has 1 unspecified atom stereocenters. The maximum atomic E-state index is 5.99. The molecule has 1 aliphatic rings. The van der Waals surface area contributed by atoms with Crippen LogP contribution in [0.4, 0.5) is 0 Å². The van der Waals surface area contributed by atoms with Crippen molar-refractivity contribution >= 4 is 11.6 Å². The van der Waals surface area contributed by atoms with Crippen molar-refractivity contribution in [1.82, 2.24) is 9.88 Å². The van der Waals surface area contributed by atoms with Crippen molar-refractivity contribution in [3.05, 3.63) is 28.5 Å². The molecule has 3 heteroatoms. The van der Waals surface area contributed by atoms with Gasteiger partial charge >= 0.3 is 0 Å². The molecule has 1 aliphatic heterocycles. The number of likely N-dealkylation sites (tertiary alicyclic amines) is 1. The molecular weight excluding hydrogens is 232 g/mol. The minimum Gasteiger partial charge on any atom is -0.296 e. The second kappa shape index (κ2) is 5.83. The largest absolute Gasteiger partial charge is 0.296 e. The molecule has 0 aromatic carbocycles. The molecule has 0 bridgehead atoms. The summed E-state index contributed by atoms with van der Waals surface area (Å²) in [7, 11) is 0. The zero-order chi connectivity index (χ0) is 12.3. The Morgan fingerprint density at radius 3 is 3.00 bits per heavy atom. The minimum absolute atomic E-state index is 0.548. The lowest BCUT2D eigenvalue weighted by Gasteiger charge is -2.35. The summed E-state index contributed by atoms with van der Waals surface area (Å²) in [4.78, 5) is 6.88. The lowest BCUT2D eigenvalue weighted by atomic mass is 9.95. The molecule has 0 radical (unpaired) electrons. The molecule has 1 atom stereocenters. The van der Waals surface area contributed by atoms with Crippen LogP contribution in [0, 0.1) is 6.92 Å². The maximum Gasteiger partial charge on any atom is 0.131 e. The van der Waals surface area contributed by atoms with Gasteiger partial charge in [-0.05, 0) is 56.5 Å². The van der Waals surface area contributed by atoms with Gasteiger partial charge in [0.2, 0.25) is 0 Å². The van der Waals surface area contributed by atoms with E-state index in [4.69, 9.17) is 11.6 Å². The van der Waals surface area contributed by atoms with E-state index in [1.54, 1.807) is 0 Å². The Morgan fingerprint density at radius 2 is 2.29 bits per heavy atom. The Labute approximate surface area is 109 Å². The summed E-state index contributed by atoms with van der Waals surface area (Å²) >= 11 is 5.99. The maximum absolute atomic E-state index is 5.99. The number of pyridine rings is 1. The summed E-state index contributed by atoms with van der Waals surface area (Å²) in [6.07, 6.45) is 7.08. The van der Waals surface area contributed by atoms with Crippen molar-refractivity contribution in [3.8, 4) is 0 Å². The molecule has 0 N–H and O–H groups in total. The first-order chi connectivity index (χ1) is 8.22. The van der Waals surface area contributed by atoms with Gasteiger partial charge in [-0.3, -0.25) is 4.90 Å². The van der Waals surface area contributed by atoms with Crippen molar-refractivity contribution < 1.29 is 0 Å². The summed E-state index contributed by atoms with van der Waals surface area (Å²) in [5.41, 5.74) is 2.42. The van der Waals surface area contributed by atoms with E-state index in [9.17, 15) is 0 Å². The fraction of sp³-hybridized carbons (Fsp3) is 0.643. The van der Waals surface area contributed by atoms with Gasteiger partial charge in [-0.25, -0.2) is 4.98 Å². The van der Waals surface area contributed by atoms with Crippen LogP contribution >= 0.6 is 11.6 Å². The van der Waals surface area contributed by atoms with Gasteiger partial charge in [0.15, 0.2) is 0 Å². The van der Waals surface area contributed by atoms with Gasteiger partial charge in [0.05, 0.1) is 0 Å². The van der Waals surface area contributed by atoms with Crippen LogP contribution in [0.15, 0.2) is 12.3 Å². The molecule has 1 aromatic heterocycles. The van der Waals surface area contributed by atoms with Crippen molar-refractivity contribution in [2.75, 3.05) is 13.1 Å². The number of hydrogen-bond donors (Lipinski definition) is 0. The molecule has 0 saturated carbocycles. The van der Waals surface area contributed by atoms with Crippen molar-refractivity contribution in [2.45, 2.75) is 45.6 Å². The van der Waals surface area contributed by atoms with Crippen molar-refractivity contribution in [2.24, 2.45) is 0 Å². The third kappa shape index (κ3) is 2.99. The van der Waals surface area contributed by atoms with E-state index in [-0.39, 0.29) is 0 Å². The standard InChI is InChI=1S/C14H21ClN2/c1-3-7-17-8-5-4-6-13(17)12-9-11(2)14(15)16-10-12/h9-10,13H,3-8H2,1-2H3. The second-order valence-electron chi connectivity index (χ2n) is 4.92. The van der Waals surface area contributed by atoms with E-state index in [0.29, 0.717) is 11.2 Å². The van der Waals surface area contributed by atoms with Gasteiger partial charge in [0.1, 0.15) is 5.15 Å². The summed E-state index contributed by atoms with van der Waals surface area (Å²) in [6.45, 7) is 6.69. The highest BCUT2D eigenvalue weighted by Crippen LogP contribution is 2.31. The lowest BCUT2D eigenvalue weighted by molar-refractivity contribution is 0.149. The second-order valence-corrected chi connectivity index (χ2v) is 5.28. The Balaban J connectivity index is 2.20. The smallest absolute Gasteiger partial charge is 0.131 e. The number of nitrogens with zero attached hydrogens (tertiary/aromatic N) is 2. The van der Waals surface area contributed by atoms with Gasteiger partial charge < -0.3 is 0 Å². The first-order valence-corrected chi connectivity index (χ1v) is 6.96. The molecule has 2 heterocycles. The van der Waals surface area contributed by atoms with Crippen molar-refractivity contribution in [3.63, 3.8) is 0 Å². The van der Waals surface area contributed by atoms with E-state index < -0.39 is 0 Å². The topological polar surface area (TPSA) is 16.1 Å². The fourth-order valence-corrected chi connectivity index (χ4v) is 2.79. The highest BCUT2D eigenvalue weighted by Gasteiger charge is 2.23. The SMILES string of the molecule is CCCN1CCCCC1c1cnc(Cl)c(C)c1. The summed E-state index contributed by atoms with van der Waals surface area (Å²) in [5.74, 6) is 0. The van der Waals surface area contributed by atoms with Crippen LogP contribution in [-0.2, 0) is 0 Å². The first-order valence-electron chi connectivity index (χ1n) is 6.58. The van der Waals surface area contributed by atoms with Gasteiger partial charge in [0, 0.05) is 12.2 Å². The van der Waals surface area contributed by atoms with Crippen LogP contribution in [-0.4, -0.2) is 23.0 Å². The first kappa shape index (κ1) is 12.8. The van der Waals surface area contributed by atoms with Gasteiger partial charge in [-0.1, -0.05) is 24.9 Å². The van der Waals surface area contributed by atoms with Gasteiger partial charge in [-0.2, -0.15) is 0 Å². The van der Waals surface area contributed by atoms with E-state index in [2.05, 4.69) is 22.9 Å². The molecule has 1 aromatic rings. The third-order valence-corrected chi connectivity index (χ3v) is 3.94. The van der Waals surface area contributed by atoms with Gasteiger partial charge in [-0.15, -0.1) is 0 Å². The molecule has 0 spiro atoms. The van der Waals surface area contributed by atoms with Crippen molar-refractivity contribution in [1.29, 1.82) is 0 Å². The molecule has 1 saturated heterocycles. The van der Waals surface area contributed by atoms with Crippen LogP contribution in [0.2, 0.25) is 5.15 Å². The summed E-state index contributed by atoms with van der Waals surface area (Å²) in [6, 6.07) is 2.75. The number of hydrogen-bond acceptors (Lipinski definition) is 2. The fourth-order valence-electron chi connectivity index (χ4n) is 2.69. The molecule has 1 fully saturated rings. The quantitative estimate of drug-likeness (QED) is 0.757. The molecule has 94 valence electrons. The number of rotatable bonds is 3.